The molecule has 1 atom stereocenters. The molecule has 214 valence electrons. The van der Waals surface area contributed by atoms with Gasteiger partial charge >= 0.3 is 6.03 Å². The van der Waals surface area contributed by atoms with E-state index in [4.69, 9.17) is 17.2 Å². The summed E-state index contributed by atoms with van der Waals surface area (Å²) in [6.07, 6.45) is 0.603. The highest BCUT2D eigenvalue weighted by atomic mass is 16.2. The summed E-state index contributed by atoms with van der Waals surface area (Å²) in [4.78, 5) is 33.7. The lowest BCUT2D eigenvalue weighted by Gasteiger charge is -2.18. The third-order valence-electron chi connectivity index (χ3n) is 6.61. The number of carbonyl (C=O) groups is 2. The van der Waals surface area contributed by atoms with Crippen LogP contribution in [-0.2, 0) is 30.8 Å². The Balaban J connectivity index is 1.34. The molecule has 0 aliphatic rings. The van der Waals surface area contributed by atoms with Crippen LogP contribution < -0.4 is 27.8 Å². The van der Waals surface area contributed by atoms with Gasteiger partial charge in [-0.2, -0.15) is 4.99 Å². The quantitative estimate of drug-likeness (QED) is 0.147. The molecule has 0 radical (unpaired) electrons. The van der Waals surface area contributed by atoms with Crippen molar-refractivity contribution in [2.75, 3.05) is 0 Å². The molecule has 0 fully saturated rings. The average molecular weight is 562 g/mol. The van der Waals surface area contributed by atoms with Crippen LogP contribution in [0.5, 0.6) is 0 Å². The molecule has 0 heterocycles. The molecule has 1 unspecified atom stereocenters. The zero-order valence-corrected chi connectivity index (χ0v) is 23.2. The van der Waals surface area contributed by atoms with Gasteiger partial charge in [-0.05, 0) is 40.3 Å². The number of nitrogens with zero attached hydrogens (tertiary/aromatic N) is 2. The van der Waals surface area contributed by atoms with Crippen molar-refractivity contribution in [2.24, 2.45) is 27.2 Å². The van der Waals surface area contributed by atoms with Crippen molar-refractivity contribution in [3.8, 4) is 0 Å². The van der Waals surface area contributed by atoms with Gasteiger partial charge in [0.05, 0.1) is 12.5 Å². The molecule has 42 heavy (non-hydrogen) atoms. The molecule has 0 aromatic heterocycles. The van der Waals surface area contributed by atoms with Crippen molar-refractivity contribution in [1.82, 2.24) is 10.6 Å². The van der Waals surface area contributed by atoms with Crippen LogP contribution in [0, 0.1) is 0 Å². The number of aliphatic imine (C=N–C) groups is 2. The number of rotatable bonds is 10. The highest BCUT2D eigenvalue weighted by Gasteiger charge is 2.21. The minimum absolute atomic E-state index is 0.0450. The molecule has 4 aromatic rings. The van der Waals surface area contributed by atoms with Crippen LogP contribution in [0.4, 0.5) is 4.79 Å². The maximum absolute atomic E-state index is 13.3. The minimum atomic E-state index is -0.730. The molecule has 0 bridgehead atoms. The first-order chi connectivity index (χ1) is 20.4. The lowest BCUT2D eigenvalue weighted by molar-refractivity contribution is -0.122. The zero-order valence-electron chi connectivity index (χ0n) is 23.2. The summed E-state index contributed by atoms with van der Waals surface area (Å²) >= 11 is 0. The first kappa shape index (κ1) is 29.7. The Labute approximate surface area is 245 Å². The third-order valence-corrected chi connectivity index (χ3v) is 6.61. The Morgan fingerprint density at radius 3 is 2.12 bits per heavy atom. The molecule has 0 saturated heterocycles. The summed E-state index contributed by atoms with van der Waals surface area (Å²) in [5, 5.41) is 5.51. The summed E-state index contributed by atoms with van der Waals surface area (Å²) < 4.78 is 0. The predicted octanol–water partition coefficient (Wildman–Crippen LogP) is 3.72. The van der Waals surface area contributed by atoms with Crippen molar-refractivity contribution in [3.05, 3.63) is 143 Å². The van der Waals surface area contributed by atoms with Crippen molar-refractivity contribution >= 4 is 23.7 Å². The largest absolute Gasteiger partial charge is 0.383 e. The van der Waals surface area contributed by atoms with Crippen LogP contribution in [0.3, 0.4) is 0 Å². The van der Waals surface area contributed by atoms with E-state index in [9.17, 15) is 9.59 Å². The van der Waals surface area contributed by atoms with E-state index in [1.807, 2.05) is 91.0 Å². The molecule has 3 amide bonds. The summed E-state index contributed by atoms with van der Waals surface area (Å²) in [5.74, 6) is -0.401. The monoisotopic (exact) mass is 561 g/mol. The molecule has 9 nitrogen and oxygen atoms in total. The van der Waals surface area contributed by atoms with Gasteiger partial charge in [-0.3, -0.25) is 10.1 Å². The van der Waals surface area contributed by atoms with E-state index in [1.165, 1.54) is 0 Å². The fourth-order valence-corrected chi connectivity index (χ4v) is 4.43. The topological polar surface area (TPSA) is 161 Å². The Morgan fingerprint density at radius 1 is 0.738 bits per heavy atom. The van der Waals surface area contributed by atoms with Crippen LogP contribution in [-0.4, -0.2) is 23.7 Å². The molecular formula is C33H35N7O2. The second kappa shape index (κ2) is 14.9. The number of urea groups is 1. The highest BCUT2D eigenvalue weighted by Crippen LogP contribution is 2.21. The molecule has 0 aliphatic heterocycles. The standard InChI is InChI=1S/C33H35N7O2/c34-20-24-11-8-16-28(18-24)30(35)39-33(42)40-32(36)38-22-26-13-7-12-25(17-26)21-37-31(41)29(27-14-5-2-6-15-27)19-23-9-3-1-4-10-23/h1-18,29H,19-22,34H2,(H,37,41)(H5,35,36,38,39,40,42). The normalized spacial score (nSPS) is 12.4. The van der Waals surface area contributed by atoms with Crippen molar-refractivity contribution < 1.29 is 9.59 Å². The number of nitrogens with one attached hydrogen (secondary N) is 2. The SMILES string of the molecule is NCc1cccc(C(N)=NC(=O)NC(N)=NCc2cccc(CNC(=O)C(Cc3ccccc3)c3ccccc3)c2)c1. The first-order valence-electron chi connectivity index (χ1n) is 13.6. The summed E-state index contributed by atoms with van der Waals surface area (Å²) in [7, 11) is 0. The van der Waals surface area contributed by atoms with E-state index in [1.54, 1.807) is 18.2 Å². The minimum Gasteiger partial charge on any atom is -0.383 e. The Morgan fingerprint density at radius 2 is 1.38 bits per heavy atom. The Kier molecular flexibility index (Phi) is 10.6. The number of amidine groups is 1. The van der Waals surface area contributed by atoms with E-state index in [-0.39, 0.29) is 30.2 Å². The Hall–Kier alpha value is -5.28. The maximum Gasteiger partial charge on any atom is 0.349 e. The summed E-state index contributed by atoms with van der Waals surface area (Å²) in [6, 6.07) is 33.9. The van der Waals surface area contributed by atoms with Gasteiger partial charge in [0, 0.05) is 18.7 Å². The number of nitrogens with two attached hydrogens (primary N) is 3. The van der Waals surface area contributed by atoms with Crippen LogP contribution in [0.15, 0.2) is 119 Å². The van der Waals surface area contributed by atoms with E-state index >= 15 is 0 Å². The van der Waals surface area contributed by atoms with E-state index in [2.05, 4.69) is 20.6 Å². The molecule has 0 saturated carbocycles. The van der Waals surface area contributed by atoms with Crippen LogP contribution in [0.1, 0.15) is 39.3 Å². The van der Waals surface area contributed by atoms with Crippen molar-refractivity contribution in [1.29, 1.82) is 0 Å². The Bertz CT molecular complexity index is 1550. The molecule has 0 spiro atoms. The van der Waals surface area contributed by atoms with Crippen LogP contribution in [0.2, 0.25) is 0 Å². The molecule has 4 rings (SSSR count). The van der Waals surface area contributed by atoms with Gasteiger partial charge in [-0.25, -0.2) is 9.79 Å². The van der Waals surface area contributed by atoms with Gasteiger partial charge in [0.25, 0.3) is 0 Å². The number of hydrogen-bond donors (Lipinski definition) is 5. The molecule has 8 N–H and O–H groups in total. The number of amides is 3. The van der Waals surface area contributed by atoms with Gasteiger partial charge in [0.2, 0.25) is 5.91 Å². The summed E-state index contributed by atoms with van der Waals surface area (Å²) in [5.41, 5.74) is 22.8. The van der Waals surface area contributed by atoms with Crippen LogP contribution in [0.25, 0.3) is 0 Å². The lowest BCUT2D eigenvalue weighted by atomic mass is 9.91. The molecule has 0 aliphatic carbocycles. The maximum atomic E-state index is 13.3. The van der Waals surface area contributed by atoms with Gasteiger partial charge in [0.15, 0.2) is 5.96 Å². The molecule has 4 aromatic carbocycles. The smallest absolute Gasteiger partial charge is 0.349 e. The zero-order chi connectivity index (χ0) is 29.7. The average Bonchev–Trinajstić information content (AvgIpc) is 3.02. The van der Waals surface area contributed by atoms with Crippen molar-refractivity contribution in [2.45, 2.75) is 32.0 Å². The van der Waals surface area contributed by atoms with Gasteiger partial charge in [0.1, 0.15) is 5.84 Å². The van der Waals surface area contributed by atoms with E-state index in [0.717, 1.165) is 27.8 Å². The fraction of sp³-hybridized carbons (Fsp3) is 0.152. The van der Waals surface area contributed by atoms with Crippen LogP contribution >= 0.6 is 0 Å². The predicted molar refractivity (Wildman–Crippen MR) is 167 cm³/mol. The number of benzene rings is 4. The molecule has 9 heteroatoms. The van der Waals surface area contributed by atoms with E-state index in [0.29, 0.717) is 25.1 Å². The van der Waals surface area contributed by atoms with E-state index < -0.39 is 6.03 Å². The third kappa shape index (κ3) is 8.87. The molecular weight excluding hydrogens is 526 g/mol. The number of guanidine groups is 1. The summed E-state index contributed by atoms with van der Waals surface area (Å²) in [6.45, 7) is 0.940. The highest BCUT2D eigenvalue weighted by molar-refractivity contribution is 6.07. The second-order valence-corrected chi connectivity index (χ2v) is 9.72. The number of hydrogen-bond acceptors (Lipinski definition) is 4. The second-order valence-electron chi connectivity index (χ2n) is 9.72. The van der Waals surface area contributed by atoms with Gasteiger partial charge < -0.3 is 22.5 Å². The van der Waals surface area contributed by atoms with Gasteiger partial charge in [-0.1, -0.05) is 103 Å². The van der Waals surface area contributed by atoms with Crippen molar-refractivity contribution in [3.63, 3.8) is 0 Å². The van der Waals surface area contributed by atoms with Gasteiger partial charge in [-0.15, -0.1) is 0 Å². The first-order valence-corrected chi connectivity index (χ1v) is 13.6. The fourth-order valence-electron chi connectivity index (χ4n) is 4.43. The lowest BCUT2D eigenvalue weighted by Crippen LogP contribution is -2.36. The number of carbonyl (C=O) groups excluding carboxylic acids is 2.